The summed E-state index contributed by atoms with van der Waals surface area (Å²) in [6, 6.07) is 0. The molecule has 0 bridgehead atoms. The number of carboxylic acid groups (broad SMARTS) is 1. The maximum atomic E-state index is 10.1. The summed E-state index contributed by atoms with van der Waals surface area (Å²) in [6.07, 6.45) is 10.7. The number of hydrogen-bond donors (Lipinski definition) is 1. The quantitative estimate of drug-likeness (QED) is 0.519. The molecule has 0 saturated heterocycles. The summed E-state index contributed by atoms with van der Waals surface area (Å²) < 4.78 is 0. The van der Waals surface area contributed by atoms with Gasteiger partial charge in [-0.05, 0) is 12.0 Å². The molecular formula is C11H14O2. The van der Waals surface area contributed by atoms with E-state index in [0.717, 1.165) is 18.1 Å². The lowest BCUT2D eigenvalue weighted by Gasteiger charge is -1.91. The Balaban J connectivity index is 4.16. The molecule has 0 heterocycles. The van der Waals surface area contributed by atoms with Crippen LogP contribution in [0.3, 0.4) is 0 Å². The molecule has 2 nitrogen and oxygen atoms in total. The van der Waals surface area contributed by atoms with Gasteiger partial charge in [0.25, 0.3) is 0 Å². The van der Waals surface area contributed by atoms with Crippen molar-refractivity contribution in [3.05, 3.63) is 48.6 Å². The fourth-order valence-corrected chi connectivity index (χ4v) is 0.760. The zero-order valence-electron chi connectivity index (χ0n) is 7.73. The Bertz CT molecular complexity index is 257. The lowest BCUT2D eigenvalue weighted by Crippen LogP contribution is -1.84. The van der Waals surface area contributed by atoms with Gasteiger partial charge in [-0.2, -0.15) is 0 Å². The first-order chi connectivity index (χ1) is 6.20. The van der Waals surface area contributed by atoms with E-state index in [1.165, 1.54) is 6.08 Å². The van der Waals surface area contributed by atoms with Crippen LogP contribution in [0.5, 0.6) is 0 Å². The predicted molar refractivity (Wildman–Crippen MR) is 54.5 cm³/mol. The SMILES string of the molecule is C=C/C=C(/C=C/C=C/C(=O)O)CC. The molecule has 0 unspecified atom stereocenters. The molecule has 0 aliphatic heterocycles. The van der Waals surface area contributed by atoms with Gasteiger partial charge < -0.3 is 5.11 Å². The lowest BCUT2D eigenvalue weighted by molar-refractivity contribution is -0.131. The Labute approximate surface area is 78.6 Å². The molecular weight excluding hydrogens is 164 g/mol. The second kappa shape index (κ2) is 7.10. The van der Waals surface area contributed by atoms with Crippen LogP contribution in [0, 0.1) is 0 Å². The second-order valence-corrected chi connectivity index (χ2v) is 2.39. The standard InChI is InChI=1S/C11H14O2/c1-3-7-10(4-2)8-5-6-9-11(12)13/h3,5-9H,1,4H2,2H3,(H,12,13)/b8-5+,9-6+,10-7+. The third-order valence-corrected chi connectivity index (χ3v) is 1.40. The number of hydrogen-bond acceptors (Lipinski definition) is 1. The lowest BCUT2D eigenvalue weighted by atomic mass is 10.2. The summed E-state index contributed by atoms with van der Waals surface area (Å²) in [5.74, 6) is -0.935. The monoisotopic (exact) mass is 178 g/mol. The van der Waals surface area contributed by atoms with E-state index in [-0.39, 0.29) is 0 Å². The minimum atomic E-state index is -0.935. The van der Waals surface area contributed by atoms with Crippen LogP contribution in [0.25, 0.3) is 0 Å². The number of carboxylic acids is 1. The van der Waals surface area contributed by atoms with E-state index in [0.29, 0.717) is 0 Å². The highest BCUT2D eigenvalue weighted by Gasteiger charge is 1.84. The minimum Gasteiger partial charge on any atom is -0.478 e. The number of rotatable bonds is 5. The maximum Gasteiger partial charge on any atom is 0.328 e. The van der Waals surface area contributed by atoms with E-state index >= 15 is 0 Å². The maximum absolute atomic E-state index is 10.1. The minimum absolute atomic E-state index is 0.906. The van der Waals surface area contributed by atoms with Crippen molar-refractivity contribution in [2.45, 2.75) is 13.3 Å². The third kappa shape index (κ3) is 6.81. The fourth-order valence-electron chi connectivity index (χ4n) is 0.760. The van der Waals surface area contributed by atoms with Crippen molar-refractivity contribution in [3.8, 4) is 0 Å². The van der Waals surface area contributed by atoms with Crippen LogP contribution in [0.15, 0.2) is 48.6 Å². The smallest absolute Gasteiger partial charge is 0.328 e. The van der Waals surface area contributed by atoms with E-state index in [1.807, 2.05) is 19.1 Å². The molecule has 0 spiro atoms. The summed E-state index contributed by atoms with van der Waals surface area (Å²) in [6.45, 7) is 5.61. The predicted octanol–water partition coefficient (Wildman–Crippen LogP) is 2.71. The van der Waals surface area contributed by atoms with E-state index in [4.69, 9.17) is 5.11 Å². The highest BCUT2D eigenvalue weighted by atomic mass is 16.4. The average molecular weight is 178 g/mol. The van der Waals surface area contributed by atoms with E-state index < -0.39 is 5.97 Å². The van der Waals surface area contributed by atoms with Crippen LogP contribution in [0.1, 0.15) is 13.3 Å². The van der Waals surface area contributed by atoms with Gasteiger partial charge in [-0.1, -0.05) is 43.9 Å². The van der Waals surface area contributed by atoms with Gasteiger partial charge in [-0.3, -0.25) is 0 Å². The van der Waals surface area contributed by atoms with E-state index in [2.05, 4.69) is 6.58 Å². The number of carbonyl (C=O) groups is 1. The molecule has 0 saturated carbocycles. The molecule has 13 heavy (non-hydrogen) atoms. The summed E-state index contributed by atoms with van der Waals surface area (Å²) in [4.78, 5) is 10.1. The second-order valence-electron chi connectivity index (χ2n) is 2.39. The van der Waals surface area contributed by atoms with Crippen LogP contribution >= 0.6 is 0 Å². The molecule has 0 radical (unpaired) electrons. The molecule has 70 valence electrons. The highest BCUT2D eigenvalue weighted by molar-refractivity contribution is 5.80. The zero-order chi connectivity index (χ0) is 10.1. The number of allylic oxidation sites excluding steroid dienone is 6. The zero-order valence-corrected chi connectivity index (χ0v) is 7.73. The molecule has 0 aromatic rings. The molecule has 0 fully saturated rings. The molecule has 2 heteroatoms. The first kappa shape index (κ1) is 11.4. The topological polar surface area (TPSA) is 37.3 Å². The first-order valence-corrected chi connectivity index (χ1v) is 4.10. The molecule has 1 N–H and O–H groups in total. The van der Waals surface area contributed by atoms with Gasteiger partial charge in [0.1, 0.15) is 0 Å². The summed E-state index contributed by atoms with van der Waals surface area (Å²) in [5, 5.41) is 8.29. The van der Waals surface area contributed by atoms with Crippen molar-refractivity contribution < 1.29 is 9.90 Å². The van der Waals surface area contributed by atoms with Crippen molar-refractivity contribution >= 4 is 5.97 Å². The van der Waals surface area contributed by atoms with Crippen molar-refractivity contribution in [3.63, 3.8) is 0 Å². The van der Waals surface area contributed by atoms with Crippen LogP contribution in [-0.2, 0) is 4.79 Å². The molecule has 0 atom stereocenters. The fraction of sp³-hybridized carbons (Fsp3) is 0.182. The summed E-state index contributed by atoms with van der Waals surface area (Å²) in [7, 11) is 0. The van der Waals surface area contributed by atoms with Gasteiger partial charge in [0.15, 0.2) is 0 Å². The van der Waals surface area contributed by atoms with E-state index in [9.17, 15) is 4.79 Å². The van der Waals surface area contributed by atoms with Crippen molar-refractivity contribution in [1.29, 1.82) is 0 Å². The van der Waals surface area contributed by atoms with Gasteiger partial charge in [0.2, 0.25) is 0 Å². The third-order valence-electron chi connectivity index (χ3n) is 1.40. The number of aliphatic carboxylic acids is 1. The molecule has 0 rings (SSSR count). The van der Waals surface area contributed by atoms with Gasteiger partial charge in [0, 0.05) is 6.08 Å². The van der Waals surface area contributed by atoms with Crippen LogP contribution in [-0.4, -0.2) is 11.1 Å². The Hall–Kier alpha value is -1.57. The molecule has 0 aliphatic carbocycles. The van der Waals surface area contributed by atoms with Gasteiger partial charge in [-0.25, -0.2) is 4.79 Å². The van der Waals surface area contributed by atoms with Crippen LogP contribution in [0.4, 0.5) is 0 Å². The Kier molecular flexibility index (Phi) is 6.24. The van der Waals surface area contributed by atoms with Crippen LogP contribution < -0.4 is 0 Å². The van der Waals surface area contributed by atoms with Crippen molar-refractivity contribution in [2.24, 2.45) is 0 Å². The van der Waals surface area contributed by atoms with Crippen molar-refractivity contribution in [2.75, 3.05) is 0 Å². The molecule has 0 aromatic heterocycles. The van der Waals surface area contributed by atoms with Crippen molar-refractivity contribution in [1.82, 2.24) is 0 Å². The Morgan fingerprint density at radius 3 is 2.46 bits per heavy atom. The molecule has 0 aromatic carbocycles. The van der Waals surface area contributed by atoms with Gasteiger partial charge >= 0.3 is 5.97 Å². The summed E-state index contributed by atoms with van der Waals surface area (Å²) >= 11 is 0. The van der Waals surface area contributed by atoms with Gasteiger partial charge in [0.05, 0.1) is 0 Å². The molecule has 0 amide bonds. The van der Waals surface area contributed by atoms with Crippen LogP contribution in [0.2, 0.25) is 0 Å². The molecule has 0 aliphatic rings. The average Bonchev–Trinajstić information content (AvgIpc) is 2.10. The van der Waals surface area contributed by atoms with E-state index in [1.54, 1.807) is 12.2 Å². The Morgan fingerprint density at radius 1 is 1.38 bits per heavy atom. The Morgan fingerprint density at radius 2 is 2.00 bits per heavy atom. The van der Waals surface area contributed by atoms with Gasteiger partial charge in [-0.15, -0.1) is 0 Å². The largest absolute Gasteiger partial charge is 0.478 e. The normalized spacial score (nSPS) is 12.5. The first-order valence-electron chi connectivity index (χ1n) is 4.10. The summed E-state index contributed by atoms with van der Waals surface area (Å²) in [5.41, 5.74) is 1.12. The highest BCUT2D eigenvalue weighted by Crippen LogP contribution is 2.02.